The number of carbonyl (C=O) groups excluding carboxylic acids is 2. The number of anilines is 1. The van der Waals surface area contributed by atoms with E-state index in [-0.39, 0.29) is 24.0 Å². The van der Waals surface area contributed by atoms with Gasteiger partial charge in [-0.25, -0.2) is 4.79 Å². The molecular weight excluding hydrogens is 302 g/mol. The zero-order chi connectivity index (χ0) is 15.5. The van der Waals surface area contributed by atoms with Crippen LogP contribution in [0.3, 0.4) is 0 Å². The van der Waals surface area contributed by atoms with Gasteiger partial charge in [-0.1, -0.05) is 24.4 Å². The number of hydrogen-bond donors (Lipinski definition) is 2. The van der Waals surface area contributed by atoms with Crippen LogP contribution in [0.15, 0.2) is 24.3 Å². The molecule has 2 N–H and O–H groups in total. The standard InChI is InChI=1S/C16H20ClN3O2/c17-11-5-7-14(8-6-11)20-10-13(9-15(20)21)19-16(22)18-12-3-1-2-4-12/h5-8,12-13H,1-4,9-10H2,(H2,18,19,22). The Morgan fingerprint density at radius 3 is 2.41 bits per heavy atom. The van der Waals surface area contributed by atoms with Gasteiger partial charge in [-0.3, -0.25) is 4.79 Å². The Balaban J connectivity index is 1.55. The van der Waals surface area contributed by atoms with Crippen LogP contribution < -0.4 is 15.5 Å². The van der Waals surface area contributed by atoms with E-state index in [1.165, 1.54) is 12.8 Å². The van der Waals surface area contributed by atoms with Crippen molar-refractivity contribution in [3.63, 3.8) is 0 Å². The summed E-state index contributed by atoms with van der Waals surface area (Å²) in [5, 5.41) is 6.53. The fourth-order valence-corrected chi connectivity index (χ4v) is 3.28. The number of nitrogens with zero attached hydrogens (tertiary/aromatic N) is 1. The van der Waals surface area contributed by atoms with E-state index in [2.05, 4.69) is 10.6 Å². The molecule has 1 atom stereocenters. The summed E-state index contributed by atoms with van der Waals surface area (Å²) in [5.74, 6) is 0.0217. The molecule has 1 unspecified atom stereocenters. The molecule has 1 saturated heterocycles. The number of rotatable bonds is 3. The highest BCUT2D eigenvalue weighted by Gasteiger charge is 2.32. The van der Waals surface area contributed by atoms with Gasteiger partial charge in [0.25, 0.3) is 0 Å². The molecule has 0 aromatic heterocycles. The fraction of sp³-hybridized carbons (Fsp3) is 0.500. The van der Waals surface area contributed by atoms with E-state index >= 15 is 0 Å². The molecule has 22 heavy (non-hydrogen) atoms. The van der Waals surface area contributed by atoms with Gasteiger partial charge in [0.05, 0.1) is 6.04 Å². The van der Waals surface area contributed by atoms with Crippen LogP contribution in [0.1, 0.15) is 32.1 Å². The highest BCUT2D eigenvalue weighted by atomic mass is 35.5. The monoisotopic (exact) mass is 321 g/mol. The highest BCUT2D eigenvalue weighted by Crippen LogP contribution is 2.23. The van der Waals surface area contributed by atoms with E-state index in [0.29, 0.717) is 18.0 Å². The Hall–Kier alpha value is -1.75. The van der Waals surface area contributed by atoms with Crippen LogP contribution in [-0.4, -0.2) is 30.6 Å². The van der Waals surface area contributed by atoms with E-state index < -0.39 is 0 Å². The van der Waals surface area contributed by atoms with Crippen molar-refractivity contribution in [3.05, 3.63) is 29.3 Å². The van der Waals surface area contributed by atoms with Crippen molar-refractivity contribution in [2.24, 2.45) is 0 Å². The van der Waals surface area contributed by atoms with E-state index in [1.54, 1.807) is 17.0 Å². The summed E-state index contributed by atoms with van der Waals surface area (Å²) in [4.78, 5) is 25.8. The number of nitrogens with one attached hydrogen (secondary N) is 2. The van der Waals surface area contributed by atoms with Crippen LogP contribution in [0.4, 0.5) is 10.5 Å². The van der Waals surface area contributed by atoms with Gasteiger partial charge in [-0.15, -0.1) is 0 Å². The predicted octanol–water partition coefficient (Wildman–Crippen LogP) is 2.69. The van der Waals surface area contributed by atoms with Crippen molar-refractivity contribution in [2.75, 3.05) is 11.4 Å². The highest BCUT2D eigenvalue weighted by molar-refractivity contribution is 6.30. The van der Waals surface area contributed by atoms with Gasteiger partial charge in [-0.2, -0.15) is 0 Å². The van der Waals surface area contributed by atoms with Crippen molar-refractivity contribution in [1.82, 2.24) is 10.6 Å². The zero-order valence-corrected chi connectivity index (χ0v) is 13.1. The van der Waals surface area contributed by atoms with Crippen LogP contribution in [0.25, 0.3) is 0 Å². The van der Waals surface area contributed by atoms with Gasteiger partial charge in [0.2, 0.25) is 5.91 Å². The molecule has 1 aromatic rings. The van der Waals surface area contributed by atoms with Gasteiger partial charge < -0.3 is 15.5 Å². The minimum Gasteiger partial charge on any atom is -0.335 e. The van der Waals surface area contributed by atoms with Crippen molar-refractivity contribution >= 4 is 29.2 Å². The molecule has 2 fully saturated rings. The maximum Gasteiger partial charge on any atom is 0.315 e. The average Bonchev–Trinajstić information content (AvgIpc) is 3.10. The molecule has 1 heterocycles. The van der Waals surface area contributed by atoms with Crippen LogP contribution in [0.5, 0.6) is 0 Å². The molecule has 3 amide bonds. The summed E-state index contributed by atoms with van der Waals surface area (Å²) in [5.41, 5.74) is 0.815. The molecule has 0 bridgehead atoms. The summed E-state index contributed by atoms with van der Waals surface area (Å²) in [7, 11) is 0. The van der Waals surface area contributed by atoms with Gasteiger partial charge in [0.15, 0.2) is 0 Å². The van der Waals surface area contributed by atoms with Crippen molar-refractivity contribution in [3.8, 4) is 0 Å². The van der Waals surface area contributed by atoms with E-state index in [4.69, 9.17) is 11.6 Å². The second kappa shape index (κ2) is 6.57. The summed E-state index contributed by atoms with van der Waals surface area (Å²) >= 11 is 5.86. The Morgan fingerprint density at radius 1 is 1.09 bits per heavy atom. The van der Waals surface area contributed by atoms with Crippen LogP contribution in [0.2, 0.25) is 5.02 Å². The lowest BCUT2D eigenvalue weighted by atomic mass is 10.2. The third-order valence-electron chi connectivity index (χ3n) is 4.29. The maximum atomic E-state index is 12.1. The molecule has 0 spiro atoms. The molecule has 5 nitrogen and oxygen atoms in total. The minimum absolute atomic E-state index is 0.0217. The molecular formula is C16H20ClN3O2. The number of benzene rings is 1. The normalized spacial score (nSPS) is 22.1. The van der Waals surface area contributed by atoms with Gasteiger partial charge in [0, 0.05) is 29.7 Å². The fourth-order valence-electron chi connectivity index (χ4n) is 3.16. The van der Waals surface area contributed by atoms with Gasteiger partial charge >= 0.3 is 6.03 Å². The second-order valence-corrected chi connectivity index (χ2v) is 6.42. The summed E-state index contributed by atoms with van der Waals surface area (Å²) < 4.78 is 0. The van der Waals surface area contributed by atoms with E-state index in [1.807, 2.05) is 12.1 Å². The molecule has 1 aliphatic carbocycles. The molecule has 1 aliphatic heterocycles. The minimum atomic E-state index is -0.164. The van der Waals surface area contributed by atoms with Gasteiger partial charge in [-0.05, 0) is 37.1 Å². The van der Waals surface area contributed by atoms with Crippen molar-refractivity contribution < 1.29 is 9.59 Å². The maximum absolute atomic E-state index is 12.1. The van der Waals surface area contributed by atoms with Gasteiger partial charge in [0.1, 0.15) is 0 Å². The first-order valence-corrected chi connectivity index (χ1v) is 8.12. The number of carbonyl (C=O) groups is 2. The molecule has 0 radical (unpaired) electrons. The number of hydrogen-bond acceptors (Lipinski definition) is 2. The van der Waals surface area contributed by atoms with Crippen molar-refractivity contribution in [2.45, 2.75) is 44.2 Å². The quantitative estimate of drug-likeness (QED) is 0.899. The number of amides is 3. The van der Waals surface area contributed by atoms with Crippen molar-refractivity contribution in [1.29, 1.82) is 0 Å². The second-order valence-electron chi connectivity index (χ2n) is 5.98. The first-order valence-electron chi connectivity index (χ1n) is 7.75. The molecule has 6 heteroatoms. The Kier molecular flexibility index (Phi) is 4.52. The molecule has 1 aromatic carbocycles. The topological polar surface area (TPSA) is 61.4 Å². The van der Waals surface area contributed by atoms with Crippen LogP contribution in [-0.2, 0) is 4.79 Å². The third-order valence-corrected chi connectivity index (χ3v) is 4.54. The van der Waals surface area contributed by atoms with Crippen LogP contribution >= 0.6 is 11.6 Å². The first kappa shape index (κ1) is 15.2. The molecule has 2 aliphatic rings. The smallest absolute Gasteiger partial charge is 0.315 e. The lowest BCUT2D eigenvalue weighted by Gasteiger charge is -2.18. The Bertz CT molecular complexity index is 555. The van der Waals surface area contributed by atoms with Crippen LogP contribution in [0, 0.1) is 0 Å². The average molecular weight is 322 g/mol. The Morgan fingerprint density at radius 2 is 1.73 bits per heavy atom. The summed E-state index contributed by atoms with van der Waals surface area (Å²) in [6.45, 7) is 0.499. The molecule has 3 rings (SSSR count). The number of urea groups is 1. The molecule has 1 saturated carbocycles. The lowest BCUT2D eigenvalue weighted by Crippen LogP contribution is -2.46. The SMILES string of the molecule is O=C(NC1CCCC1)NC1CC(=O)N(c2ccc(Cl)cc2)C1. The number of halogens is 1. The molecule has 118 valence electrons. The summed E-state index contributed by atoms with van der Waals surface area (Å²) in [6.07, 6.45) is 4.79. The largest absolute Gasteiger partial charge is 0.335 e. The summed E-state index contributed by atoms with van der Waals surface area (Å²) in [6, 6.07) is 7.13. The zero-order valence-electron chi connectivity index (χ0n) is 12.3. The Labute approximate surface area is 135 Å². The van der Waals surface area contributed by atoms with E-state index in [9.17, 15) is 9.59 Å². The lowest BCUT2D eigenvalue weighted by molar-refractivity contribution is -0.117. The van der Waals surface area contributed by atoms with E-state index in [0.717, 1.165) is 18.5 Å². The predicted molar refractivity (Wildman–Crippen MR) is 86.1 cm³/mol. The first-order chi connectivity index (χ1) is 10.6. The third kappa shape index (κ3) is 3.53.